The van der Waals surface area contributed by atoms with Crippen LogP contribution in [-0.2, 0) is 4.79 Å². The summed E-state index contributed by atoms with van der Waals surface area (Å²) in [6.07, 6.45) is 8.89. The van der Waals surface area contributed by atoms with E-state index in [1.165, 1.54) is 0 Å². The summed E-state index contributed by atoms with van der Waals surface area (Å²) in [5.74, 6) is 1.27. The van der Waals surface area contributed by atoms with Crippen molar-refractivity contribution < 1.29 is 4.79 Å². The van der Waals surface area contributed by atoms with Gasteiger partial charge in [0.2, 0.25) is 6.41 Å². The molecular weight excluding hydrogens is 178 g/mol. The molecule has 0 aliphatic carbocycles. The molecule has 1 aromatic rings. The van der Waals surface area contributed by atoms with Crippen LogP contribution in [0.5, 0.6) is 0 Å². The Kier molecular flexibility index (Phi) is 3.43. The van der Waals surface area contributed by atoms with Gasteiger partial charge in [-0.05, 0) is 6.08 Å². The number of nitrogens with one attached hydrogen (secondary N) is 1. The average Bonchev–Trinajstić information content (AvgIpc) is 2.58. The van der Waals surface area contributed by atoms with Crippen LogP contribution in [-0.4, -0.2) is 16.0 Å². The van der Waals surface area contributed by atoms with Crippen LogP contribution in [0.25, 0.3) is 12.3 Å². The molecule has 4 nitrogen and oxygen atoms in total. The third-order valence-corrected chi connectivity index (χ3v) is 1.60. The van der Waals surface area contributed by atoms with E-state index >= 15 is 0 Å². The molecule has 1 aromatic heterocycles. The number of hydrogen-bond donors (Lipinski definition) is 1. The van der Waals surface area contributed by atoms with Gasteiger partial charge in [0.1, 0.15) is 11.6 Å². The number of allylic oxidation sites excluding steroid dienone is 2. The van der Waals surface area contributed by atoms with Crippen LogP contribution in [0.4, 0.5) is 5.82 Å². The van der Waals surface area contributed by atoms with Crippen LogP contribution in [0.15, 0.2) is 31.5 Å². The van der Waals surface area contributed by atoms with Gasteiger partial charge >= 0.3 is 0 Å². The molecule has 0 aromatic carbocycles. The van der Waals surface area contributed by atoms with Crippen molar-refractivity contribution in [2.75, 3.05) is 5.32 Å². The molecule has 1 N–H and O–H groups in total. The maximum atomic E-state index is 10.2. The summed E-state index contributed by atoms with van der Waals surface area (Å²) in [7, 11) is 0. The molecule has 0 radical (unpaired) electrons. The normalized spacial score (nSPS) is 10.0. The van der Waals surface area contributed by atoms with Gasteiger partial charge in [-0.25, -0.2) is 4.98 Å². The number of rotatable bonds is 5. The predicted molar refractivity (Wildman–Crippen MR) is 57.5 cm³/mol. The number of carbonyl (C=O) groups excluding carboxylic acids is 1. The van der Waals surface area contributed by atoms with Crippen LogP contribution in [0.3, 0.4) is 0 Å². The lowest BCUT2D eigenvalue weighted by molar-refractivity contribution is -0.105. The van der Waals surface area contributed by atoms with Crippen molar-refractivity contribution in [3.05, 3.63) is 37.3 Å². The van der Waals surface area contributed by atoms with E-state index in [1.807, 2.05) is 0 Å². The number of aromatic nitrogens is 2. The largest absolute Gasteiger partial charge is 0.313 e. The predicted octanol–water partition coefficient (Wildman–Crippen LogP) is 1.75. The Hall–Kier alpha value is -2.10. The van der Waals surface area contributed by atoms with Crippen LogP contribution in [0.1, 0.15) is 5.82 Å². The molecule has 1 rings (SSSR count). The highest BCUT2D eigenvalue weighted by molar-refractivity contribution is 5.71. The van der Waals surface area contributed by atoms with E-state index in [0.29, 0.717) is 18.1 Å². The highest BCUT2D eigenvalue weighted by Crippen LogP contribution is 2.12. The van der Waals surface area contributed by atoms with Gasteiger partial charge < -0.3 is 5.32 Å². The number of anilines is 1. The number of hydrogen-bond acceptors (Lipinski definition) is 2. The molecule has 14 heavy (non-hydrogen) atoms. The number of imidazole rings is 1. The van der Waals surface area contributed by atoms with Crippen molar-refractivity contribution in [3.8, 4) is 0 Å². The van der Waals surface area contributed by atoms with Gasteiger partial charge in [0.15, 0.2) is 0 Å². The Labute approximate surface area is 82.3 Å². The molecule has 72 valence electrons. The molecule has 4 heteroatoms. The summed E-state index contributed by atoms with van der Waals surface area (Å²) in [6, 6.07) is 0. The molecule has 0 saturated heterocycles. The van der Waals surface area contributed by atoms with Crippen molar-refractivity contribution in [1.82, 2.24) is 9.55 Å². The van der Waals surface area contributed by atoms with Crippen molar-refractivity contribution in [1.29, 1.82) is 0 Å². The highest BCUT2D eigenvalue weighted by atomic mass is 16.1. The van der Waals surface area contributed by atoms with E-state index in [2.05, 4.69) is 23.5 Å². The Balaban J connectivity index is 3.05. The molecule has 0 unspecified atom stereocenters. The summed E-state index contributed by atoms with van der Waals surface area (Å²) in [6.45, 7) is 7.18. The first-order valence-corrected chi connectivity index (χ1v) is 4.02. The van der Waals surface area contributed by atoms with Crippen molar-refractivity contribution in [3.63, 3.8) is 0 Å². The molecule has 1 amide bonds. The zero-order chi connectivity index (χ0) is 10.4. The minimum Gasteiger partial charge on any atom is -0.313 e. The molecule has 0 spiro atoms. The molecule has 0 fully saturated rings. The fraction of sp³-hybridized carbons (Fsp3) is 0. The maximum Gasteiger partial charge on any atom is 0.212 e. The second-order valence-corrected chi connectivity index (χ2v) is 2.41. The molecule has 1 heterocycles. The van der Waals surface area contributed by atoms with Gasteiger partial charge in [-0.2, -0.15) is 0 Å². The standard InChI is InChI=1S/C10H11N3O/c1-3-5-6-9-11-7-10(12-8-14)13(9)4-2/h3-8H,1-2H2,(H,12,14)/b6-5-. The van der Waals surface area contributed by atoms with E-state index in [9.17, 15) is 4.79 Å². The zero-order valence-corrected chi connectivity index (χ0v) is 7.68. The number of nitrogens with zero attached hydrogens (tertiary/aromatic N) is 2. The lowest BCUT2D eigenvalue weighted by atomic mass is 10.4. The molecule has 0 aliphatic heterocycles. The topological polar surface area (TPSA) is 46.9 Å². The van der Waals surface area contributed by atoms with Crippen LogP contribution in [0, 0.1) is 0 Å². The fourth-order valence-corrected chi connectivity index (χ4v) is 1.01. The Morgan fingerprint density at radius 1 is 1.50 bits per heavy atom. The van der Waals surface area contributed by atoms with Gasteiger partial charge in [-0.15, -0.1) is 0 Å². The molecule has 0 aliphatic rings. The quantitative estimate of drug-likeness (QED) is 0.566. The van der Waals surface area contributed by atoms with E-state index in [0.717, 1.165) is 0 Å². The Morgan fingerprint density at radius 2 is 2.29 bits per heavy atom. The Bertz CT molecular complexity index is 377. The molecular formula is C10H11N3O. The summed E-state index contributed by atoms with van der Waals surface area (Å²) in [5, 5.41) is 2.51. The summed E-state index contributed by atoms with van der Waals surface area (Å²) in [4.78, 5) is 14.3. The van der Waals surface area contributed by atoms with Gasteiger partial charge in [0, 0.05) is 6.20 Å². The first-order valence-electron chi connectivity index (χ1n) is 4.02. The van der Waals surface area contributed by atoms with Crippen molar-refractivity contribution >= 4 is 24.5 Å². The van der Waals surface area contributed by atoms with E-state index in [4.69, 9.17) is 0 Å². The van der Waals surface area contributed by atoms with Crippen molar-refractivity contribution in [2.24, 2.45) is 0 Å². The molecule has 0 saturated carbocycles. The monoisotopic (exact) mass is 189 g/mol. The lowest BCUT2D eigenvalue weighted by Gasteiger charge is -2.01. The summed E-state index contributed by atoms with van der Waals surface area (Å²) in [5.41, 5.74) is 0. The number of amides is 1. The van der Waals surface area contributed by atoms with Crippen LogP contribution >= 0.6 is 0 Å². The number of carbonyl (C=O) groups is 1. The van der Waals surface area contributed by atoms with Crippen LogP contribution in [0.2, 0.25) is 0 Å². The van der Waals surface area contributed by atoms with Gasteiger partial charge in [-0.3, -0.25) is 9.36 Å². The second kappa shape index (κ2) is 4.81. The smallest absolute Gasteiger partial charge is 0.212 e. The van der Waals surface area contributed by atoms with Crippen LogP contribution < -0.4 is 5.32 Å². The minimum absolute atomic E-state index is 0.582. The first-order chi connectivity index (χ1) is 6.83. The maximum absolute atomic E-state index is 10.2. The zero-order valence-electron chi connectivity index (χ0n) is 7.68. The van der Waals surface area contributed by atoms with E-state index < -0.39 is 0 Å². The third-order valence-electron chi connectivity index (χ3n) is 1.60. The fourth-order valence-electron chi connectivity index (χ4n) is 1.01. The van der Waals surface area contributed by atoms with Crippen molar-refractivity contribution in [2.45, 2.75) is 0 Å². The van der Waals surface area contributed by atoms with E-state index in [1.54, 1.807) is 35.2 Å². The third kappa shape index (κ3) is 1.98. The first kappa shape index (κ1) is 9.98. The lowest BCUT2D eigenvalue weighted by Crippen LogP contribution is -2.00. The minimum atomic E-state index is 0.582. The van der Waals surface area contributed by atoms with E-state index in [-0.39, 0.29) is 0 Å². The highest BCUT2D eigenvalue weighted by Gasteiger charge is 2.02. The molecule has 0 bridgehead atoms. The Morgan fingerprint density at radius 3 is 2.86 bits per heavy atom. The van der Waals surface area contributed by atoms with Gasteiger partial charge in [-0.1, -0.05) is 25.3 Å². The average molecular weight is 189 g/mol. The van der Waals surface area contributed by atoms with Gasteiger partial charge in [0.25, 0.3) is 0 Å². The summed E-state index contributed by atoms with van der Waals surface area (Å²) < 4.78 is 1.66. The SMILES string of the molecule is C=C/C=C\c1ncc(NC=O)n1C=C. The summed E-state index contributed by atoms with van der Waals surface area (Å²) >= 11 is 0. The van der Waals surface area contributed by atoms with Gasteiger partial charge in [0.05, 0.1) is 6.20 Å². The second-order valence-electron chi connectivity index (χ2n) is 2.41. The molecule has 0 atom stereocenters.